The lowest BCUT2D eigenvalue weighted by Gasteiger charge is -1.98. The number of thiazole rings is 1. The Bertz CT molecular complexity index is 576. The number of aromatic nitrogens is 4. The minimum absolute atomic E-state index is 0.0346. The molecule has 0 saturated heterocycles. The second kappa shape index (κ2) is 5.05. The van der Waals surface area contributed by atoms with Crippen LogP contribution < -0.4 is 0 Å². The molecule has 0 saturated carbocycles. The Morgan fingerprint density at radius 1 is 1.50 bits per heavy atom. The van der Waals surface area contributed by atoms with Gasteiger partial charge < -0.3 is 4.74 Å². The highest BCUT2D eigenvalue weighted by atomic mass is 32.1. The second-order valence-corrected chi connectivity index (χ2v) is 4.33. The van der Waals surface area contributed by atoms with Crippen LogP contribution in [-0.4, -0.2) is 38.8 Å². The van der Waals surface area contributed by atoms with Crippen LogP contribution >= 0.6 is 11.3 Å². The quantitative estimate of drug-likeness (QED) is 0.661. The Morgan fingerprint density at radius 3 is 2.83 bits per heavy atom. The molecule has 1 N–H and O–H groups in total. The normalized spacial score (nSPS) is 10.3. The summed E-state index contributed by atoms with van der Waals surface area (Å²) in [6.45, 7) is 3.30. The first kappa shape index (κ1) is 12.4. The van der Waals surface area contributed by atoms with E-state index in [2.05, 4.69) is 20.4 Å². The molecule has 18 heavy (non-hydrogen) atoms. The number of H-pyrrole nitrogens is 1. The van der Waals surface area contributed by atoms with Crippen LogP contribution in [0.2, 0.25) is 0 Å². The predicted octanol–water partition coefficient (Wildman–Crippen LogP) is 1.31. The summed E-state index contributed by atoms with van der Waals surface area (Å²) >= 11 is 1.10. The van der Waals surface area contributed by atoms with Crippen molar-refractivity contribution >= 4 is 23.1 Å². The monoisotopic (exact) mass is 266 g/mol. The largest absolute Gasteiger partial charge is 0.461 e. The smallest absolute Gasteiger partial charge is 0.358 e. The van der Waals surface area contributed by atoms with Gasteiger partial charge in [-0.1, -0.05) is 0 Å². The molecule has 0 atom stereocenters. The van der Waals surface area contributed by atoms with Crippen LogP contribution in [0.15, 0.2) is 6.20 Å². The fourth-order valence-corrected chi connectivity index (χ4v) is 2.21. The lowest BCUT2D eigenvalue weighted by Crippen LogP contribution is -2.09. The van der Waals surface area contributed by atoms with Crippen molar-refractivity contribution in [3.63, 3.8) is 0 Å². The van der Waals surface area contributed by atoms with Crippen LogP contribution in [-0.2, 0) is 4.74 Å². The summed E-state index contributed by atoms with van der Waals surface area (Å²) in [7, 11) is 0. The molecular weight excluding hydrogens is 256 g/mol. The van der Waals surface area contributed by atoms with Crippen molar-refractivity contribution in [2.24, 2.45) is 0 Å². The zero-order valence-electron chi connectivity index (χ0n) is 9.76. The first-order valence-corrected chi connectivity index (χ1v) is 6.00. The second-order valence-electron chi connectivity index (χ2n) is 3.33. The van der Waals surface area contributed by atoms with Crippen molar-refractivity contribution in [2.75, 3.05) is 6.61 Å². The Hall–Kier alpha value is -2.09. The topological polar surface area (TPSA) is 97.8 Å². The average Bonchev–Trinajstić information content (AvgIpc) is 2.98. The van der Waals surface area contributed by atoms with Gasteiger partial charge in [-0.15, -0.1) is 11.3 Å². The highest BCUT2D eigenvalue weighted by Gasteiger charge is 2.23. The molecule has 0 aromatic carbocycles. The first-order valence-electron chi connectivity index (χ1n) is 5.18. The molecule has 0 radical (unpaired) electrons. The number of rotatable bonds is 4. The number of Topliss-reactive ketones (excluding diaryl/α,β-unsaturated/α-hetero) is 1. The van der Waals surface area contributed by atoms with E-state index in [1.807, 2.05) is 0 Å². The van der Waals surface area contributed by atoms with Gasteiger partial charge in [0.2, 0.25) is 0 Å². The van der Waals surface area contributed by atoms with E-state index in [1.54, 1.807) is 6.92 Å². The number of esters is 1. The van der Waals surface area contributed by atoms with E-state index in [9.17, 15) is 9.59 Å². The van der Waals surface area contributed by atoms with Crippen molar-refractivity contribution in [1.29, 1.82) is 0 Å². The van der Waals surface area contributed by atoms with E-state index in [4.69, 9.17) is 4.74 Å². The van der Waals surface area contributed by atoms with E-state index in [-0.39, 0.29) is 23.0 Å². The number of ketones is 1. The summed E-state index contributed by atoms with van der Waals surface area (Å²) < 4.78 is 4.86. The van der Waals surface area contributed by atoms with E-state index >= 15 is 0 Å². The third kappa shape index (κ3) is 2.28. The molecule has 0 unspecified atom stereocenters. The maximum absolute atomic E-state index is 11.7. The highest BCUT2D eigenvalue weighted by molar-refractivity contribution is 7.17. The summed E-state index contributed by atoms with van der Waals surface area (Å²) in [5, 5.41) is 10.4. The molecule has 2 aromatic rings. The maximum atomic E-state index is 11.7. The molecule has 0 amide bonds. The van der Waals surface area contributed by atoms with E-state index in [0.717, 1.165) is 11.3 Å². The number of carbonyl (C=O) groups is 2. The summed E-state index contributed by atoms with van der Waals surface area (Å²) in [5.41, 5.74) is 0.519. The van der Waals surface area contributed by atoms with Gasteiger partial charge in [0.1, 0.15) is 15.6 Å². The minimum Gasteiger partial charge on any atom is -0.461 e. The molecule has 2 rings (SSSR count). The van der Waals surface area contributed by atoms with Gasteiger partial charge in [0, 0.05) is 6.92 Å². The molecule has 0 fully saturated rings. The van der Waals surface area contributed by atoms with E-state index < -0.39 is 5.97 Å². The molecule has 94 valence electrons. The van der Waals surface area contributed by atoms with Gasteiger partial charge in [0.15, 0.2) is 11.5 Å². The van der Waals surface area contributed by atoms with Gasteiger partial charge in [-0.05, 0) is 6.92 Å². The maximum Gasteiger partial charge on any atom is 0.358 e. The number of nitrogens with one attached hydrogen (secondary N) is 1. The molecule has 0 aliphatic carbocycles. The molecule has 8 heteroatoms. The third-order valence-electron chi connectivity index (χ3n) is 2.05. The molecule has 0 bridgehead atoms. The molecular formula is C10H10N4O3S. The number of nitrogens with zero attached hydrogens (tertiary/aromatic N) is 3. The van der Waals surface area contributed by atoms with Crippen LogP contribution in [0, 0.1) is 0 Å². The standard InChI is InChI=1S/C10H10N4O3S/c1-3-17-10(16)7-8(5(2)15)18-9(12-7)6-4-11-14-13-6/h4H,3H2,1-2H3,(H,11,13,14). The molecule has 7 nitrogen and oxygen atoms in total. The van der Waals surface area contributed by atoms with Crippen LogP contribution in [0.3, 0.4) is 0 Å². The Labute approximate surface area is 106 Å². The SMILES string of the molecule is CCOC(=O)c1nc(-c2cn[nH]n2)sc1C(C)=O. The van der Waals surface area contributed by atoms with Crippen molar-refractivity contribution < 1.29 is 14.3 Å². The third-order valence-corrected chi connectivity index (χ3v) is 3.23. The molecule has 0 spiro atoms. The Balaban J connectivity index is 2.45. The van der Waals surface area contributed by atoms with Crippen molar-refractivity contribution in [3.8, 4) is 10.7 Å². The summed E-state index contributed by atoms with van der Waals surface area (Å²) in [5.74, 6) is -0.834. The zero-order valence-corrected chi connectivity index (χ0v) is 10.6. The fourth-order valence-electron chi connectivity index (χ4n) is 1.31. The zero-order chi connectivity index (χ0) is 13.1. The number of aromatic amines is 1. The number of hydrogen-bond acceptors (Lipinski definition) is 7. The number of hydrogen-bond donors (Lipinski definition) is 1. The first-order chi connectivity index (χ1) is 8.63. The predicted molar refractivity (Wildman–Crippen MR) is 63.5 cm³/mol. The van der Waals surface area contributed by atoms with Crippen molar-refractivity contribution in [1.82, 2.24) is 20.4 Å². The molecule has 0 aliphatic rings. The lowest BCUT2D eigenvalue weighted by atomic mass is 10.3. The van der Waals surface area contributed by atoms with E-state index in [1.165, 1.54) is 13.1 Å². The Kier molecular flexibility index (Phi) is 3.47. The molecule has 2 aromatic heterocycles. The Morgan fingerprint density at radius 2 is 2.28 bits per heavy atom. The average molecular weight is 266 g/mol. The lowest BCUT2D eigenvalue weighted by molar-refractivity contribution is 0.0517. The van der Waals surface area contributed by atoms with Crippen LogP contribution in [0.5, 0.6) is 0 Å². The van der Waals surface area contributed by atoms with Gasteiger partial charge in [0.25, 0.3) is 0 Å². The van der Waals surface area contributed by atoms with Gasteiger partial charge in [-0.2, -0.15) is 15.4 Å². The van der Waals surface area contributed by atoms with Crippen molar-refractivity contribution in [3.05, 3.63) is 16.8 Å². The van der Waals surface area contributed by atoms with Crippen LogP contribution in [0.1, 0.15) is 34.0 Å². The van der Waals surface area contributed by atoms with E-state index in [0.29, 0.717) is 10.7 Å². The summed E-state index contributed by atoms with van der Waals surface area (Å²) in [4.78, 5) is 27.5. The fraction of sp³-hybridized carbons (Fsp3) is 0.300. The van der Waals surface area contributed by atoms with Crippen molar-refractivity contribution in [2.45, 2.75) is 13.8 Å². The highest BCUT2D eigenvalue weighted by Crippen LogP contribution is 2.27. The summed E-state index contributed by atoms with van der Waals surface area (Å²) in [6, 6.07) is 0. The van der Waals surface area contributed by atoms with Gasteiger partial charge >= 0.3 is 5.97 Å². The van der Waals surface area contributed by atoms with Gasteiger partial charge in [0.05, 0.1) is 12.8 Å². The van der Waals surface area contributed by atoms with Gasteiger partial charge in [-0.3, -0.25) is 4.79 Å². The summed E-state index contributed by atoms with van der Waals surface area (Å²) in [6.07, 6.45) is 1.47. The number of ether oxygens (including phenoxy) is 1. The molecule has 2 heterocycles. The molecule has 0 aliphatic heterocycles. The number of carbonyl (C=O) groups excluding carboxylic acids is 2. The van der Waals surface area contributed by atoms with Gasteiger partial charge in [-0.25, -0.2) is 9.78 Å². The van der Waals surface area contributed by atoms with Crippen LogP contribution in [0.4, 0.5) is 0 Å². The minimum atomic E-state index is -0.603. The van der Waals surface area contributed by atoms with Crippen LogP contribution in [0.25, 0.3) is 10.7 Å².